The van der Waals surface area contributed by atoms with Crippen molar-refractivity contribution >= 4 is 34.3 Å². The zero-order chi connectivity index (χ0) is 20.4. The molecule has 0 saturated carbocycles. The molecular weight excluding hydrogens is 388 g/mol. The van der Waals surface area contributed by atoms with Crippen LogP contribution in [0, 0.1) is 13.8 Å². The van der Waals surface area contributed by atoms with Crippen LogP contribution < -0.4 is 10.9 Å². The summed E-state index contributed by atoms with van der Waals surface area (Å²) < 4.78 is 1.34. The van der Waals surface area contributed by atoms with Crippen LogP contribution in [0.1, 0.15) is 11.1 Å². The second-order valence-electron chi connectivity index (χ2n) is 6.52. The van der Waals surface area contributed by atoms with Gasteiger partial charge in [-0.2, -0.15) is 10.1 Å². The summed E-state index contributed by atoms with van der Waals surface area (Å²) in [6.07, 6.45) is 1.32. The van der Waals surface area contributed by atoms with Crippen molar-refractivity contribution in [3.8, 4) is 5.95 Å². The Bertz CT molecular complexity index is 1250. The first-order chi connectivity index (χ1) is 14.0. The molecule has 2 N–H and O–H groups in total. The van der Waals surface area contributed by atoms with Crippen LogP contribution in [-0.4, -0.2) is 36.4 Å². The summed E-state index contributed by atoms with van der Waals surface area (Å²) in [5, 5.41) is 10.3. The number of aromatic amines is 1. The normalized spacial score (nSPS) is 11.0. The van der Waals surface area contributed by atoms with Gasteiger partial charge >= 0.3 is 0 Å². The molecular formula is C20H18N6O2S. The third-order valence-electron chi connectivity index (χ3n) is 4.36. The number of amides is 1. The van der Waals surface area contributed by atoms with Crippen LogP contribution in [0.4, 0.5) is 5.69 Å². The summed E-state index contributed by atoms with van der Waals surface area (Å²) in [6.45, 7) is 3.91. The summed E-state index contributed by atoms with van der Waals surface area (Å²) >= 11 is 1.16. The van der Waals surface area contributed by atoms with Crippen LogP contribution in [0.3, 0.4) is 0 Å². The molecule has 2 aromatic heterocycles. The number of H-pyrrole nitrogens is 1. The van der Waals surface area contributed by atoms with Crippen molar-refractivity contribution in [2.24, 2.45) is 0 Å². The molecule has 0 unspecified atom stereocenters. The molecule has 0 saturated heterocycles. The molecule has 0 fully saturated rings. The largest absolute Gasteiger partial charge is 0.325 e. The number of para-hydroxylation sites is 1. The van der Waals surface area contributed by atoms with E-state index in [1.54, 1.807) is 18.2 Å². The molecule has 4 aromatic rings. The van der Waals surface area contributed by atoms with Crippen molar-refractivity contribution < 1.29 is 4.79 Å². The van der Waals surface area contributed by atoms with E-state index in [-0.39, 0.29) is 23.2 Å². The summed E-state index contributed by atoms with van der Waals surface area (Å²) in [6, 6.07) is 13.0. The van der Waals surface area contributed by atoms with Crippen LogP contribution in [0.25, 0.3) is 16.9 Å². The summed E-state index contributed by atoms with van der Waals surface area (Å²) in [5.41, 5.74) is 3.11. The molecule has 0 bridgehead atoms. The summed E-state index contributed by atoms with van der Waals surface area (Å²) in [4.78, 5) is 34.1. The van der Waals surface area contributed by atoms with Crippen molar-refractivity contribution in [3.05, 3.63) is 70.3 Å². The van der Waals surface area contributed by atoms with E-state index in [9.17, 15) is 9.59 Å². The number of carbonyl (C=O) groups is 1. The SMILES string of the molecule is Cc1ccc(C)c(NC(=O)CSc2nc3ccccc3c(=O)n2-c2ncn[nH]2)c1. The number of rotatable bonds is 5. The second kappa shape index (κ2) is 7.88. The average Bonchev–Trinajstić information content (AvgIpc) is 3.23. The predicted molar refractivity (Wildman–Crippen MR) is 113 cm³/mol. The maximum Gasteiger partial charge on any atom is 0.269 e. The Labute approximate surface area is 170 Å². The van der Waals surface area contributed by atoms with Gasteiger partial charge in [-0.05, 0) is 43.2 Å². The smallest absolute Gasteiger partial charge is 0.269 e. The number of nitrogens with one attached hydrogen (secondary N) is 2. The summed E-state index contributed by atoms with van der Waals surface area (Å²) in [5.74, 6) is 0.160. The quantitative estimate of drug-likeness (QED) is 0.390. The van der Waals surface area contributed by atoms with E-state index in [0.717, 1.165) is 28.6 Å². The Morgan fingerprint density at radius 1 is 1.21 bits per heavy atom. The zero-order valence-corrected chi connectivity index (χ0v) is 16.7. The lowest BCUT2D eigenvalue weighted by Crippen LogP contribution is -2.24. The first-order valence-electron chi connectivity index (χ1n) is 8.90. The summed E-state index contributed by atoms with van der Waals surface area (Å²) in [7, 11) is 0. The Hall–Kier alpha value is -3.46. The number of hydrogen-bond donors (Lipinski definition) is 2. The van der Waals surface area contributed by atoms with E-state index in [4.69, 9.17) is 0 Å². The lowest BCUT2D eigenvalue weighted by atomic mass is 10.1. The lowest BCUT2D eigenvalue weighted by Gasteiger charge is -2.11. The first-order valence-corrected chi connectivity index (χ1v) is 9.89. The number of carbonyl (C=O) groups excluding carboxylic acids is 1. The third kappa shape index (κ3) is 3.90. The van der Waals surface area contributed by atoms with Crippen LogP contribution in [0.5, 0.6) is 0 Å². The number of aromatic nitrogens is 5. The number of thioether (sulfide) groups is 1. The minimum atomic E-state index is -0.273. The Kier molecular flexibility index (Phi) is 5.13. The van der Waals surface area contributed by atoms with E-state index >= 15 is 0 Å². The Morgan fingerprint density at radius 3 is 2.83 bits per heavy atom. The number of aryl methyl sites for hydroxylation is 2. The first kappa shape index (κ1) is 18.9. The molecule has 29 heavy (non-hydrogen) atoms. The highest BCUT2D eigenvalue weighted by atomic mass is 32.2. The maximum atomic E-state index is 13.0. The lowest BCUT2D eigenvalue weighted by molar-refractivity contribution is -0.113. The molecule has 0 aliphatic rings. The van der Waals surface area contributed by atoms with Gasteiger partial charge in [0, 0.05) is 5.69 Å². The van der Waals surface area contributed by atoms with Crippen molar-refractivity contribution in [1.29, 1.82) is 0 Å². The Balaban J connectivity index is 1.63. The van der Waals surface area contributed by atoms with Gasteiger partial charge in [-0.3, -0.25) is 9.59 Å². The van der Waals surface area contributed by atoms with Crippen molar-refractivity contribution in [3.63, 3.8) is 0 Å². The van der Waals surface area contributed by atoms with Gasteiger partial charge in [-0.15, -0.1) is 0 Å². The molecule has 2 aromatic carbocycles. The molecule has 2 heterocycles. The van der Waals surface area contributed by atoms with Crippen LogP contribution in [-0.2, 0) is 4.79 Å². The molecule has 8 nitrogen and oxygen atoms in total. The number of benzene rings is 2. The molecule has 9 heteroatoms. The Morgan fingerprint density at radius 2 is 2.03 bits per heavy atom. The third-order valence-corrected chi connectivity index (χ3v) is 5.30. The van der Waals surface area contributed by atoms with Gasteiger partial charge in [0.15, 0.2) is 5.16 Å². The van der Waals surface area contributed by atoms with Crippen molar-refractivity contribution in [2.45, 2.75) is 19.0 Å². The highest BCUT2D eigenvalue weighted by molar-refractivity contribution is 7.99. The van der Waals surface area contributed by atoms with Gasteiger partial charge in [-0.1, -0.05) is 36.0 Å². The fourth-order valence-corrected chi connectivity index (χ4v) is 3.68. The fraction of sp³-hybridized carbons (Fsp3) is 0.150. The standard InChI is InChI=1S/C20H18N6O2S/c1-12-7-8-13(2)16(9-12)23-17(27)10-29-20-24-15-6-4-3-5-14(15)18(28)26(20)19-21-11-22-25-19/h3-9,11H,10H2,1-2H3,(H,23,27)(H,21,22,25). The van der Waals surface area contributed by atoms with Gasteiger partial charge in [0.05, 0.1) is 16.7 Å². The second-order valence-corrected chi connectivity index (χ2v) is 7.46. The monoisotopic (exact) mass is 406 g/mol. The minimum absolute atomic E-state index is 0.0896. The fourth-order valence-electron chi connectivity index (χ4n) is 2.89. The number of fused-ring (bicyclic) bond motifs is 1. The molecule has 4 rings (SSSR count). The molecule has 0 aliphatic carbocycles. The van der Waals surface area contributed by atoms with Gasteiger partial charge in [0.2, 0.25) is 11.9 Å². The van der Waals surface area contributed by atoms with E-state index in [1.165, 1.54) is 10.9 Å². The zero-order valence-electron chi connectivity index (χ0n) is 15.8. The topological polar surface area (TPSA) is 106 Å². The van der Waals surface area contributed by atoms with E-state index in [2.05, 4.69) is 25.5 Å². The minimum Gasteiger partial charge on any atom is -0.325 e. The van der Waals surface area contributed by atoms with E-state index in [1.807, 2.05) is 38.1 Å². The van der Waals surface area contributed by atoms with Crippen LogP contribution >= 0.6 is 11.8 Å². The van der Waals surface area contributed by atoms with Crippen molar-refractivity contribution in [1.82, 2.24) is 24.7 Å². The highest BCUT2D eigenvalue weighted by Gasteiger charge is 2.16. The number of anilines is 1. The van der Waals surface area contributed by atoms with Crippen molar-refractivity contribution in [2.75, 3.05) is 11.1 Å². The van der Waals surface area contributed by atoms with Gasteiger partial charge in [-0.25, -0.2) is 14.6 Å². The molecule has 1 amide bonds. The number of hydrogen-bond acceptors (Lipinski definition) is 6. The molecule has 0 atom stereocenters. The molecule has 0 radical (unpaired) electrons. The predicted octanol–water partition coefficient (Wildman–Crippen LogP) is 2.85. The van der Waals surface area contributed by atoms with E-state index < -0.39 is 0 Å². The molecule has 0 aliphatic heterocycles. The van der Waals surface area contributed by atoms with Crippen LogP contribution in [0.15, 0.2) is 58.7 Å². The maximum absolute atomic E-state index is 13.0. The van der Waals surface area contributed by atoms with Gasteiger partial charge < -0.3 is 5.32 Å². The molecule has 146 valence electrons. The molecule has 0 spiro atoms. The van der Waals surface area contributed by atoms with E-state index in [0.29, 0.717) is 16.1 Å². The van der Waals surface area contributed by atoms with Crippen LogP contribution in [0.2, 0.25) is 0 Å². The number of nitrogens with zero attached hydrogens (tertiary/aromatic N) is 4. The van der Waals surface area contributed by atoms with Gasteiger partial charge in [0.1, 0.15) is 6.33 Å². The highest BCUT2D eigenvalue weighted by Crippen LogP contribution is 2.21. The average molecular weight is 406 g/mol. The van der Waals surface area contributed by atoms with Gasteiger partial charge in [0.25, 0.3) is 5.56 Å².